The highest BCUT2D eigenvalue weighted by molar-refractivity contribution is 6.42. The summed E-state index contributed by atoms with van der Waals surface area (Å²) in [6, 6.07) is 5.09. The molecule has 1 aromatic rings. The molecule has 0 aromatic heterocycles. The van der Waals surface area contributed by atoms with Gasteiger partial charge in [-0.1, -0.05) is 37.0 Å². The Labute approximate surface area is 158 Å². The van der Waals surface area contributed by atoms with Crippen molar-refractivity contribution in [3.8, 4) is 0 Å². The van der Waals surface area contributed by atoms with Gasteiger partial charge in [0.25, 0.3) is 0 Å². The van der Waals surface area contributed by atoms with Crippen LogP contribution in [0.15, 0.2) is 18.2 Å². The Morgan fingerprint density at radius 1 is 1.16 bits per heavy atom. The summed E-state index contributed by atoms with van der Waals surface area (Å²) in [4.78, 5) is 28.3. The van der Waals surface area contributed by atoms with Gasteiger partial charge in [-0.15, -0.1) is 0 Å². The van der Waals surface area contributed by atoms with E-state index in [1.807, 2.05) is 13.8 Å². The largest absolute Gasteiger partial charge is 0.444 e. The number of ether oxygens (including phenoxy) is 1. The van der Waals surface area contributed by atoms with Crippen molar-refractivity contribution in [3.05, 3.63) is 28.2 Å². The molecule has 25 heavy (non-hydrogen) atoms. The highest BCUT2D eigenvalue weighted by atomic mass is 35.5. The highest BCUT2D eigenvalue weighted by Crippen LogP contribution is 2.31. The lowest BCUT2D eigenvalue weighted by Gasteiger charge is -2.31. The Hall–Kier alpha value is -1.46. The van der Waals surface area contributed by atoms with Crippen LogP contribution in [-0.2, 0) is 9.53 Å². The molecule has 1 fully saturated rings. The van der Waals surface area contributed by atoms with Crippen molar-refractivity contribution >= 4 is 40.9 Å². The predicted molar refractivity (Wildman–Crippen MR) is 100 cm³/mol. The molecule has 0 bridgehead atoms. The molecule has 138 valence electrons. The molecule has 2 rings (SSSR count). The summed E-state index contributed by atoms with van der Waals surface area (Å²) in [5.41, 5.74) is -0.256. The van der Waals surface area contributed by atoms with E-state index in [1.54, 1.807) is 43.9 Å². The van der Waals surface area contributed by atoms with Crippen LogP contribution in [0.1, 0.15) is 34.6 Å². The number of halogens is 2. The first-order valence-electron chi connectivity index (χ1n) is 8.11. The fourth-order valence-electron chi connectivity index (χ4n) is 2.73. The van der Waals surface area contributed by atoms with Gasteiger partial charge in [0.15, 0.2) is 0 Å². The lowest BCUT2D eigenvalue weighted by atomic mass is 9.92. The van der Waals surface area contributed by atoms with E-state index in [1.165, 1.54) is 4.90 Å². The average Bonchev–Trinajstić information content (AvgIpc) is 2.56. The Balaban J connectivity index is 2.28. The minimum Gasteiger partial charge on any atom is -0.444 e. The van der Waals surface area contributed by atoms with Gasteiger partial charge in [0.2, 0.25) is 5.91 Å². The molecule has 0 saturated carbocycles. The lowest BCUT2D eigenvalue weighted by molar-refractivity contribution is -0.119. The Bertz CT molecular complexity index is 683. The SMILES string of the molecule is CC1(C)CN(C(=O)OC(C)(C)C)CC(=O)N(c2ccc(Cl)c(Cl)c2)C1. The van der Waals surface area contributed by atoms with Gasteiger partial charge in [0.05, 0.1) is 10.0 Å². The van der Waals surface area contributed by atoms with Crippen molar-refractivity contribution < 1.29 is 14.3 Å². The third kappa shape index (κ3) is 5.25. The van der Waals surface area contributed by atoms with Gasteiger partial charge in [0.1, 0.15) is 12.1 Å². The maximum Gasteiger partial charge on any atom is 0.410 e. The third-order valence-corrected chi connectivity index (χ3v) is 4.44. The second kappa shape index (κ2) is 7.04. The lowest BCUT2D eigenvalue weighted by Crippen LogP contribution is -2.42. The summed E-state index contributed by atoms with van der Waals surface area (Å²) in [6.07, 6.45) is -0.482. The zero-order valence-electron chi connectivity index (χ0n) is 15.2. The van der Waals surface area contributed by atoms with Crippen molar-refractivity contribution in [2.24, 2.45) is 5.41 Å². The zero-order chi connectivity index (χ0) is 19.0. The van der Waals surface area contributed by atoms with Gasteiger partial charge in [0, 0.05) is 24.2 Å². The Kier molecular flexibility index (Phi) is 5.59. The van der Waals surface area contributed by atoms with Crippen LogP contribution in [0.5, 0.6) is 0 Å². The van der Waals surface area contributed by atoms with E-state index < -0.39 is 11.7 Å². The number of nitrogens with zero attached hydrogens (tertiary/aromatic N) is 2. The van der Waals surface area contributed by atoms with E-state index in [0.717, 1.165) is 0 Å². The molecule has 0 radical (unpaired) electrons. The van der Waals surface area contributed by atoms with Gasteiger partial charge in [-0.3, -0.25) is 9.69 Å². The van der Waals surface area contributed by atoms with Crippen molar-refractivity contribution in [2.75, 3.05) is 24.5 Å². The standard InChI is InChI=1S/C18H24Cl2N2O3/c1-17(2,3)25-16(24)21-9-15(23)22(11-18(4,5)10-21)12-6-7-13(19)14(20)8-12/h6-8H,9-11H2,1-5H3. The maximum absolute atomic E-state index is 12.8. The molecule has 0 N–H and O–H groups in total. The number of hydrogen-bond donors (Lipinski definition) is 0. The smallest absolute Gasteiger partial charge is 0.410 e. The topological polar surface area (TPSA) is 49.9 Å². The monoisotopic (exact) mass is 386 g/mol. The molecule has 0 aliphatic carbocycles. The fraction of sp³-hybridized carbons (Fsp3) is 0.556. The molecule has 1 heterocycles. The van der Waals surface area contributed by atoms with E-state index in [2.05, 4.69) is 0 Å². The van der Waals surface area contributed by atoms with Crippen LogP contribution in [0.4, 0.5) is 10.5 Å². The number of anilines is 1. The molecule has 1 saturated heterocycles. The summed E-state index contributed by atoms with van der Waals surface area (Å²) < 4.78 is 5.43. The first-order valence-corrected chi connectivity index (χ1v) is 8.87. The number of amides is 2. The van der Waals surface area contributed by atoms with Gasteiger partial charge < -0.3 is 9.64 Å². The van der Waals surface area contributed by atoms with Crippen LogP contribution in [0.2, 0.25) is 10.0 Å². The first-order chi connectivity index (χ1) is 11.4. The number of carbonyl (C=O) groups is 2. The van der Waals surface area contributed by atoms with Crippen LogP contribution in [0, 0.1) is 5.41 Å². The summed E-state index contributed by atoms with van der Waals surface area (Å²) in [5, 5.41) is 0.820. The van der Waals surface area contributed by atoms with Crippen LogP contribution < -0.4 is 4.90 Å². The molecule has 2 amide bonds. The number of benzene rings is 1. The summed E-state index contributed by atoms with van der Waals surface area (Å²) in [7, 11) is 0. The molecule has 7 heteroatoms. The van der Waals surface area contributed by atoms with E-state index in [4.69, 9.17) is 27.9 Å². The normalized spacial score (nSPS) is 18.1. The molecule has 1 aliphatic heterocycles. The van der Waals surface area contributed by atoms with E-state index in [9.17, 15) is 9.59 Å². The van der Waals surface area contributed by atoms with Crippen LogP contribution in [0.25, 0.3) is 0 Å². The van der Waals surface area contributed by atoms with Crippen molar-refractivity contribution in [2.45, 2.75) is 40.2 Å². The zero-order valence-corrected chi connectivity index (χ0v) is 16.7. The molecule has 1 aromatic carbocycles. The number of hydrogen-bond acceptors (Lipinski definition) is 3. The van der Waals surface area contributed by atoms with E-state index in [0.29, 0.717) is 28.8 Å². The second-order valence-corrected chi connectivity index (χ2v) is 8.89. The van der Waals surface area contributed by atoms with Crippen molar-refractivity contribution in [3.63, 3.8) is 0 Å². The summed E-state index contributed by atoms with van der Waals surface area (Å²) >= 11 is 12.1. The second-order valence-electron chi connectivity index (χ2n) is 8.08. The van der Waals surface area contributed by atoms with Crippen LogP contribution in [-0.4, -0.2) is 42.1 Å². The predicted octanol–water partition coefficient (Wildman–Crippen LogP) is 4.60. The number of rotatable bonds is 1. The molecule has 1 aliphatic rings. The van der Waals surface area contributed by atoms with E-state index in [-0.39, 0.29) is 17.9 Å². The molecule has 5 nitrogen and oxygen atoms in total. The third-order valence-electron chi connectivity index (χ3n) is 3.70. The van der Waals surface area contributed by atoms with Gasteiger partial charge >= 0.3 is 6.09 Å². The molecular formula is C18H24Cl2N2O3. The van der Waals surface area contributed by atoms with E-state index >= 15 is 0 Å². The fourth-order valence-corrected chi connectivity index (χ4v) is 3.02. The summed E-state index contributed by atoms with van der Waals surface area (Å²) in [6.45, 7) is 10.3. The molecular weight excluding hydrogens is 363 g/mol. The minimum atomic E-state index is -0.611. The van der Waals surface area contributed by atoms with Gasteiger partial charge in [-0.2, -0.15) is 0 Å². The maximum atomic E-state index is 12.8. The van der Waals surface area contributed by atoms with Gasteiger partial charge in [-0.25, -0.2) is 4.79 Å². The highest BCUT2D eigenvalue weighted by Gasteiger charge is 2.37. The van der Waals surface area contributed by atoms with Crippen LogP contribution in [0.3, 0.4) is 0 Å². The Morgan fingerprint density at radius 2 is 1.80 bits per heavy atom. The summed E-state index contributed by atoms with van der Waals surface area (Å²) in [5.74, 6) is -0.185. The first kappa shape index (κ1) is 19.9. The minimum absolute atomic E-state index is 0.0431. The van der Waals surface area contributed by atoms with Gasteiger partial charge in [-0.05, 0) is 39.0 Å². The average molecular weight is 387 g/mol. The molecule has 0 atom stereocenters. The number of carbonyl (C=O) groups excluding carboxylic acids is 2. The van der Waals surface area contributed by atoms with Crippen molar-refractivity contribution in [1.29, 1.82) is 0 Å². The molecule has 0 unspecified atom stereocenters. The van der Waals surface area contributed by atoms with Crippen molar-refractivity contribution in [1.82, 2.24) is 4.90 Å². The Morgan fingerprint density at radius 3 is 2.36 bits per heavy atom. The molecule has 0 spiro atoms. The quantitative estimate of drug-likeness (QED) is 0.708. The van der Waals surface area contributed by atoms with Crippen LogP contribution >= 0.6 is 23.2 Å².